The quantitative estimate of drug-likeness (QED) is 0.891. The van der Waals surface area contributed by atoms with Crippen LogP contribution in [0, 0.1) is 18.3 Å². The number of nitrogens with zero attached hydrogens (tertiary/aromatic N) is 2. The number of carbonyl (C=O) groups is 1. The smallest absolute Gasteiger partial charge is 0.227 e. The third kappa shape index (κ3) is 4.21. The molecule has 25 heavy (non-hydrogen) atoms. The van der Waals surface area contributed by atoms with E-state index >= 15 is 0 Å². The van der Waals surface area contributed by atoms with E-state index in [9.17, 15) is 4.79 Å². The molecule has 1 amide bonds. The molecule has 0 saturated carbocycles. The highest BCUT2D eigenvalue weighted by Crippen LogP contribution is 2.44. The molecule has 2 aliphatic rings. The van der Waals surface area contributed by atoms with Crippen LogP contribution >= 0.6 is 0 Å². The lowest BCUT2D eigenvalue weighted by Gasteiger charge is -2.47. The van der Waals surface area contributed by atoms with E-state index in [1.165, 1.54) is 12.8 Å². The van der Waals surface area contributed by atoms with Gasteiger partial charge in [0.1, 0.15) is 5.82 Å². The summed E-state index contributed by atoms with van der Waals surface area (Å²) in [4.78, 5) is 19.4. The van der Waals surface area contributed by atoms with Crippen LogP contribution in [0.2, 0.25) is 0 Å². The van der Waals surface area contributed by atoms with E-state index in [2.05, 4.69) is 10.3 Å². The van der Waals surface area contributed by atoms with Crippen molar-refractivity contribution >= 4 is 11.7 Å². The van der Waals surface area contributed by atoms with Crippen LogP contribution in [0.1, 0.15) is 44.7 Å². The predicted octanol–water partition coefficient (Wildman–Crippen LogP) is 2.93. The Labute approximate surface area is 151 Å². The fourth-order valence-electron chi connectivity index (χ4n) is 4.39. The van der Waals surface area contributed by atoms with Gasteiger partial charge < -0.3 is 10.1 Å². The first kappa shape index (κ1) is 18.3. The van der Waals surface area contributed by atoms with Crippen LogP contribution in [-0.2, 0) is 9.53 Å². The number of anilines is 1. The lowest BCUT2D eigenvalue weighted by Crippen LogP contribution is -2.50. The number of ether oxygens (including phenoxy) is 1. The lowest BCUT2D eigenvalue weighted by molar-refractivity contribution is -0.119. The Morgan fingerprint density at radius 3 is 2.68 bits per heavy atom. The van der Waals surface area contributed by atoms with Crippen molar-refractivity contribution in [1.29, 1.82) is 0 Å². The van der Waals surface area contributed by atoms with Gasteiger partial charge in [-0.2, -0.15) is 0 Å². The van der Waals surface area contributed by atoms with E-state index in [1.54, 1.807) is 0 Å². The predicted molar refractivity (Wildman–Crippen MR) is 99.7 cm³/mol. The van der Waals surface area contributed by atoms with Crippen LogP contribution in [0.4, 0.5) is 5.82 Å². The van der Waals surface area contributed by atoms with Crippen LogP contribution in [-0.4, -0.2) is 43.7 Å². The van der Waals surface area contributed by atoms with Gasteiger partial charge in [-0.1, -0.05) is 13.0 Å². The summed E-state index contributed by atoms with van der Waals surface area (Å²) in [5.41, 5.74) is 1.10. The van der Waals surface area contributed by atoms with Crippen LogP contribution < -0.4 is 10.2 Å². The highest BCUT2D eigenvalue weighted by atomic mass is 16.5. The third-order valence-corrected chi connectivity index (χ3v) is 5.92. The molecule has 5 heteroatoms. The monoisotopic (exact) mass is 345 g/mol. The minimum absolute atomic E-state index is 0.149. The molecule has 0 bridgehead atoms. The maximum atomic E-state index is 12.8. The zero-order chi connectivity index (χ0) is 17.7. The van der Waals surface area contributed by atoms with Crippen molar-refractivity contribution in [2.24, 2.45) is 11.3 Å². The van der Waals surface area contributed by atoms with Crippen molar-refractivity contribution in [1.82, 2.24) is 10.3 Å². The minimum Gasteiger partial charge on any atom is -0.381 e. The molecule has 2 fully saturated rings. The third-order valence-electron chi connectivity index (χ3n) is 5.92. The summed E-state index contributed by atoms with van der Waals surface area (Å²) in [6.45, 7) is 8.46. The fraction of sp³-hybridized carbons (Fsp3) is 0.700. The lowest BCUT2D eigenvalue weighted by atomic mass is 9.66. The number of hydrogen-bond donors (Lipinski definition) is 1. The van der Waals surface area contributed by atoms with Crippen LogP contribution in [0.3, 0.4) is 0 Å². The van der Waals surface area contributed by atoms with Crippen LogP contribution in [0.15, 0.2) is 18.2 Å². The molecule has 0 aromatic carbocycles. The number of hydrogen-bond acceptors (Lipinski definition) is 4. The molecule has 0 radical (unpaired) electrons. The van der Waals surface area contributed by atoms with E-state index in [0.717, 1.165) is 57.2 Å². The summed E-state index contributed by atoms with van der Waals surface area (Å²) in [5, 5.41) is 3.47. The van der Waals surface area contributed by atoms with Crippen molar-refractivity contribution in [3.05, 3.63) is 23.9 Å². The summed E-state index contributed by atoms with van der Waals surface area (Å²) < 4.78 is 5.67. The van der Waals surface area contributed by atoms with Crippen molar-refractivity contribution in [3.8, 4) is 0 Å². The largest absolute Gasteiger partial charge is 0.381 e. The number of amides is 1. The highest BCUT2D eigenvalue weighted by molar-refractivity contribution is 5.92. The standard InChI is InChI=1S/C20H31N3O2/c1-3-19(24)23(18-6-4-5-16(2)22-18)15-20(9-13-25-14-10-20)17-7-11-21-12-8-17/h4-6,17,21H,3,7-15H2,1-2H3. The average molecular weight is 345 g/mol. The van der Waals surface area contributed by atoms with Crippen LogP contribution in [0.5, 0.6) is 0 Å². The molecular formula is C20H31N3O2. The van der Waals surface area contributed by atoms with Crippen LogP contribution in [0.25, 0.3) is 0 Å². The summed E-state index contributed by atoms with van der Waals surface area (Å²) in [7, 11) is 0. The number of rotatable bonds is 5. The second kappa shape index (κ2) is 8.28. The van der Waals surface area contributed by atoms with E-state index in [-0.39, 0.29) is 11.3 Å². The highest BCUT2D eigenvalue weighted by Gasteiger charge is 2.43. The molecular weight excluding hydrogens is 314 g/mol. The number of aromatic nitrogens is 1. The van der Waals surface area contributed by atoms with E-state index < -0.39 is 0 Å². The second-order valence-electron chi connectivity index (χ2n) is 7.47. The number of nitrogens with one attached hydrogen (secondary N) is 1. The number of piperidine rings is 1. The van der Waals surface area contributed by atoms with Gasteiger partial charge in [0.2, 0.25) is 5.91 Å². The van der Waals surface area contributed by atoms with Gasteiger partial charge in [-0.3, -0.25) is 9.69 Å². The number of aryl methyl sites for hydroxylation is 1. The Morgan fingerprint density at radius 2 is 2.04 bits per heavy atom. The van der Waals surface area contributed by atoms with Gasteiger partial charge in [0, 0.05) is 31.9 Å². The fourth-order valence-corrected chi connectivity index (χ4v) is 4.39. The molecule has 3 heterocycles. The van der Waals surface area contributed by atoms with E-state index in [0.29, 0.717) is 12.3 Å². The Hall–Kier alpha value is -1.46. The maximum Gasteiger partial charge on any atom is 0.227 e. The summed E-state index contributed by atoms with van der Waals surface area (Å²) in [6, 6.07) is 5.94. The van der Waals surface area contributed by atoms with Crippen molar-refractivity contribution in [2.75, 3.05) is 37.7 Å². The molecule has 0 spiro atoms. The van der Waals surface area contributed by atoms with Gasteiger partial charge in [-0.05, 0) is 69.2 Å². The topological polar surface area (TPSA) is 54.5 Å². The van der Waals surface area contributed by atoms with E-state index in [4.69, 9.17) is 4.74 Å². The summed E-state index contributed by atoms with van der Waals surface area (Å²) in [6.07, 6.45) is 4.97. The Morgan fingerprint density at radius 1 is 1.32 bits per heavy atom. The number of pyridine rings is 1. The van der Waals surface area contributed by atoms with Gasteiger partial charge in [0.25, 0.3) is 0 Å². The molecule has 1 aromatic heterocycles. The molecule has 2 saturated heterocycles. The molecule has 0 aliphatic carbocycles. The van der Waals surface area contributed by atoms with Gasteiger partial charge in [0.05, 0.1) is 0 Å². The average Bonchev–Trinajstić information content (AvgIpc) is 2.67. The van der Waals surface area contributed by atoms with Gasteiger partial charge in [-0.25, -0.2) is 4.98 Å². The van der Waals surface area contributed by atoms with Crippen molar-refractivity contribution < 1.29 is 9.53 Å². The van der Waals surface area contributed by atoms with Crippen molar-refractivity contribution in [2.45, 2.75) is 46.0 Å². The van der Waals surface area contributed by atoms with Gasteiger partial charge in [0.15, 0.2) is 0 Å². The zero-order valence-electron chi connectivity index (χ0n) is 15.6. The summed E-state index contributed by atoms with van der Waals surface area (Å²) >= 11 is 0. The first-order chi connectivity index (χ1) is 12.1. The molecule has 5 nitrogen and oxygen atoms in total. The Kier molecular flexibility index (Phi) is 6.07. The minimum atomic E-state index is 0.149. The molecule has 1 aromatic rings. The normalized spacial score (nSPS) is 21.0. The van der Waals surface area contributed by atoms with Gasteiger partial charge in [-0.15, -0.1) is 0 Å². The second-order valence-corrected chi connectivity index (χ2v) is 7.47. The Bertz CT molecular complexity index is 578. The van der Waals surface area contributed by atoms with Crippen molar-refractivity contribution in [3.63, 3.8) is 0 Å². The zero-order valence-corrected chi connectivity index (χ0v) is 15.6. The molecule has 0 unspecified atom stereocenters. The Balaban J connectivity index is 1.89. The molecule has 3 rings (SSSR count). The SMILES string of the molecule is CCC(=O)N(CC1(C2CCNCC2)CCOCC1)c1cccc(C)n1. The van der Waals surface area contributed by atoms with E-state index in [1.807, 2.05) is 36.9 Å². The molecule has 0 atom stereocenters. The molecule has 138 valence electrons. The molecule has 1 N–H and O–H groups in total. The molecule has 2 aliphatic heterocycles. The first-order valence-electron chi connectivity index (χ1n) is 9.67. The maximum absolute atomic E-state index is 12.8. The number of carbonyl (C=O) groups excluding carboxylic acids is 1. The summed E-state index contributed by atoms with van der Waals surface area (Å²) in [5.74, 6) is 1.61. The first-order valence-corrected chi connectivity index (χ1v) is 9.67. The van der Waals surface area contributed by atoms with Gasteiger partial charge >= 0.3 is 0 Å².